The third kappa shape index (κ3) is 2.52. The third-order valence-electron chi connectivity index (χ3n) is 3.47. The zero-order valence-corrected chi connectivity index (χ0v) is 11.4. The van der Waals surface area contributed by atoms with Gasteiger partial charge in [-0.3, -0.25) is 4.79 Å². The second-order valence-electron chi connectivity index (χ2n) is 4.88. The first-order valence-electron chi connectivity index (χ1n) is 6.14. The number of carbonyl (C=O) groups is 1. The molecule has 0 fully saturated rings. The van der Waals surface area contributed by atoms with E-state index in [1.54, 1.807) is 19.9 Å². The molecule has 1 atom stereocenters. The van der Waals surface area contributed by atoms with Crippen LogP contribution in [0.25, 0.3) is 0 Å². The topological polar surface area (TPSA) is 46.5 Å². The Balaban J connectivity index is 2.28. The number of carbonyl (C=O) groups excluding carboxylic acids is 1. The average molecular weight is 269 g/mol. The molecule has 0 saturated heterocycles. The van der Waals surface area contributed by atoms with E-state index in [1.165, 1.54) is 0 Å². The highest BCUT2D eigenvalue weighted by molar-refractivity contribution is 6.30. The highest BCUT2D eigenvalue weighted by atomic mass is 35.5. The fraction of sp³-hybridized carbons (Fsp3) is 0.500. The molecule has 2 rings (SSSR count). The molecule has 0 spiro atoms. The molecule has 18 heavy (non-hydrogen) atoms. The Labute approximate surface area is 112 Å². The summed E-state index contributed by atoms with van der Waals surface area (Å²) in [4.78, 5) is 12.0. The van der Waals surface area contributed by atoms with E-state index in [0.29, 0.717) is 18.1 Å². The maximum Gasteiger partial charge on any atom is 0.168 e. The van der Waals surface area contributed by atoms with Crippen LogP contribution in [0.4, 0.5) is 0 Å². The number of rotatable bonds is 4. The van der Waals surface area contributed by atoms with Crippen LogP contribution in [0.3, 0.4) is 0 Å². The van der Waals surface area contributed by atoms with Gasteiger partial charge in [-0.15, -0.1) is 0 Å². The van der Waals surface area contributed by atoms with E-state index in [1.807, 2.05) is 6.07 Å². The maximum absolute atomic E-state index is 12.0. The Morgan fingerprint density at radius 3 is 2.94 bits per heavy atom. The molecule has 1 aliphatic rings. The summed E-state index contributed by atoms with van der Waals surface area (Å²) in [7, 11) is 0. The number of ether oxygens (including phenoxy) is 1. The molecule has 1 aromatic carbocycles. The van der Waals surface area contributed by atoms with E-state index in [0.717, 1.165) is 23.3 Å². The van der Waals surface area contributed by atoms with Crippen molar-refractivity contribution in [2.75, 3.05) is 6.61 Å². The number of fused-ring (bicyclic) bond motifs is 1. The zero-order chi connectivity index (χ0) is 13.3. The zero-order valence-electron chi connectivity index (χ0n) is 10.6. The van der Waals surface area contributed by atoms with Crippen molar-refractivity contribution in [1.82, 2.24) is 0 Å². The van der Waals surface area contributed by atoms with Crippen molar-refractivity contribution in [1.29, 1.82) is 0 Å². The fourth-order valence-electron chi connectivity index (χ4n) is 2.04. The number of Topliss-reactive ketones (excluding diaryl/α,β-unsaturated/α-hetero) is 1. The quantitative estimate of drug-likeness (QED) is 0.913. The molecule has 98 valence electrons. The highest BCUT2D eigenvalue weighted by Crippen LogP contribution is 2.33. The van der Waals surface area contributed by atoms with E-state index >= 15 is 0 Å². The van der Waals surface area contributed by atoms with E-state index in [-0.39, 0.29) is 12.2 Å². The van der Waals surface area contributed by atoms with Crippen LogP contribution in [0.15, 0.2) is 12.1 Å². The van der Waals surface area contributed by atoms with Crippen molar-refractivity contribution in [2.45, 2.75) is 38.7 Å². The summed E-state index contributed by atoms with van der Waals surface area (Å²) in [5.41, 5.74) is 0.531. The minimum Gasteiger partial charge on any atom is -0.493 e. The van der Waals surface area contributed by atoms with Crippen LogP contribution in [0.1, 0.15) is 31.4 Å². The van der Waals surface area contributed by atoms with Crippen LogP contribution >= 0.6 is 11.6 Å². The van der Waals surface area contributed by atoms with Gasteiger partial charge in [0.15, 0.2) is 5.78 Å². The minimum atomic E-state index is -1.28. The number of benzene rings is 1. The van der Waals surface area contributed by atoms with Crippen molar-refractivity contribution >= 4 is 17.4 Å². The molecule has 0 aromatic heterocycles. The lowest BCUT2D eigenvalue weighted by Crippen LogP contribution is -2.35. The Kier molecular flexibility index (Phi) is 3.64. The SMILES string of the molecule is CCC(C)(O)C(=O)Cc1cc(Cl)cc2c1OCC2. The Morgan fingerprint density at radius 2 is 2.28 bits per heavy atom. The largest absolute Gasteiger partial charge is 0.493 e. The van der Waals surface area contributed by atoms with Crippen molar-refractivity contribution in [3.8, 4) is 5.75 Å². The molecule has 0 amide bonds. The molecule has 0 saturated carbocycles. The van der Waals surface area contributed by atoms with Gasteiger partial charge in [-0.05, 0) is 31.0 Å². The summed E-state index contributed by atoms with van der Waals surface area (Å²) in [6, 6.07) is 3.62. The lowest BCUT2D eigenvalue weighted by atomic mass is 9.92. The van der Waals surface area contributed by atoms with Crippen molar-refractivity contribution in [2.24, 2.45) is 0 Å². The Morgan fingerprint density at radius 1 is 1.56 bits per heavy atom. The molecule has 1 aromatic rings. The van der Waals surface area contributed by atoms with E-state index in [2.05, 4.69) is 0 Å². The van der Waals surface area contributed by atoms with Crippen LogP contribution in [0.2, 0.25) is 5.02 Å². The van der Waals surface area contributed by atoms with Gasteiger partial charge in [0.1, 0.15) is 11.4 Å². The summed E-state index contributed by atoms with van der Waals surface area (Å²) >= 11 is 6.03. The number of hydrogen-bond acceptors (Lipinski definition) is 3. The summed E-state index contributed by atoms with van der Waals surface area (Å²) in [6.45, 7) is 3.96. The first kappa shape index (κ1) is 13.4. The highest BCUT2D eigenvalue weighted by Gasteiger charge is 2.29. The lowest BCUT2D eigenvalue weighted by Gasteiger charge is -2.20. The molecule has 0 aliphatic carbocycles. The summed E-state index contributed by atoms with van der Waals surface area (Å²) < 4.78 is 5.54. The Bertz CT molecular complexity index is 480. The maximum atomic E-state index is 12.0. The van der Waals surface area contributed by atoms with Gasteiger partial charge in [0.2, 0.25) is 0 Å². The first-order chi connectivity index (χ1) is 8.44. The second-order valence-corrected chi connectivity index (χ2v) is 5.32. The lowest BCUT2D eigenvalue weighted by molar-refractivity contribution is -0.135. The van der Waals surface area contributed by atoms with Crippen molar-refractivity contribution in [3.63, 3.8) is 0 Å². The van der Waals surface area contributed by atoms with Crippen molar-refractivity contribution in [3.05, 3.63) is 28.3 Å². The summed E-state index contributed by atoms with van der Waals surface area (Å²) in [5, 5.41) is 10.6. The van der Waals surface area contributed by atoms with Gasteiger partial charge in [0.25, 0.3) is 0 Å². The second kappa shape index (κ2) is 4.90. The van der Waals surface area contributed by atoms with Gasteiger partial charge < -0.3 is 9.84 Å². The standard InChI is InChI=1S/C14H17ClO3/c1-3-14(2,17)12(16)8-10-7-11(15)6-9-4-5-18-13(9)10/h6-7,17H,3-5,8H2,1-2H3. The molecule has 1 heterocycles. The van der Waals surface area contributed by atoms with Crippen LogP contribution in [-0.2, 0) is 17.6 Å². The van der Waals surface area contributed by atoms with Gasteiger partial charge in [-0.25, -0.2) is 0 Å². The van der Waals surface area contributed by atoms with Crippen LogP contribution in [-0.4, -0.2) is 23.1 Å². The molecule has 1 unspecified atom stereocenters. The summed E-state index contributed by atoms with van der Waals surface area (Å²) in [5.74, 6) is 0.560. The van der Waals surface area contributed by atoms with Crippen LogP contribution < -0.4 is 4.74 Å². The van der Waals surface area contributed by atoms with Gasteiger partial charge in [0.05, 0.1) is 6.61 Å². The minimum absolute atomic E-state index is 0.156. The van der Waals surface area contributed by atoms with E-state index in [9.17, 15) is 9.90 Å². The van der Waals surface area contributed by atoms with E-state index in [4.69, 9.17) is 16.3 Å². The van der Waals surface area contributed by atoms with Crippen LogP contribution in [0.5, 0.6) is 5.75 Å². The van der Waals surface area contributed by atoms with Gasteiger partial charge in [0, 0.05) is 23.4 Å². The van der Waals surface area contributed by atoms with Crippen molar-refractivity contribution < 1.29 is 14.6 Å². The summed E-state index contributed by atoms with van der Waals surface area (Å²) in [6.07, 6.45) is 1.38. The predicted molar refractivity (Wildman–Crippen MR) is 70.3 cm³/mol. The number of hydrogen-bond donors (Lipinski definition) is 1. The van der Waals surface area contributed by atoms with Gasteiger partial charge in [-0.2, -0.15) is 0 Å². The predicted octanol–water partition coefficient (Wildman–Crippen LogP) is 2.55. The molecule has 4 heteroatoms. The monoisotopic (exact) mass is 268 g/mol. The average Bonchev–Trinajstić information content (AvgIpc) is 2.76. The smallest absolute Gasteiger partial charge is 0.168 e. The number of ketones is 1. The normalized spacial score (nSPS) is 16.9. The van der Waals surface area contributed by atoms with Gasteiger partial charge in [-0.1, -0.05) is 18.5 Å². The molecular weight excluding hydrogens is 252 g/mol. The molecule has 1 N–H and O–H groups in total. The molecule has 0 radical (unpaired) electrons. The number of aliphatic hydroxyl groups is 1. The molecule has 1 aliphatic heterocycles. The fourth-order valence-corrected chi connectivity index (χ4v) is 2.30. The molecular formula is C14H17ClO3. The number of halogens is 1. The van der Waals surface area contributed by atoms with Gasteiger partial charge >= 0.3 is 0 Å². The molecule has 3 nitrogen and oxygen atoms in total. The third-order valence-corrected chi connectivity index (χ3v) is 3.68. The van der Waals surface area contributed by atoms with Crippen LogP contribution in [0, 0.1) is 0 Å². The molecule has 0 bridgehead atoms. The first-order valence-corrected chi connectivity index (χ1v) is 6.51. The Hall–Kier alpha value is -1.06. The van der Waals surface area contributed by atoms with E-state index < -0.39 is 5.60 Å².